The van der Waals surface area contributed by atoms with Crippen molar-refractivity contribution in [2.45, 2.75) is 20.8 Å². The average molecular weight is 387 g/mol. The fourth-order valence-electron chi connectivity index (χ4n) is 2.43. The van der Waals surface area contributed by atoms with E-state index in [0.717, 1.165) is 18.8 Å². The lowest BCUT2D eigenvalue weighted by atomic mass is 10.2. The zero-order chi connectivity index (χ0) is 19.8. The molecule has 0 spiro atoms. The van der Waals surface area contributed by atoms with Gasteiger partial charge < -0.3 is 15.3 Å². The molecule has 6 nitrogen and oxygen atoms in total. The molecule has 0 saturated heterocycles. The van der Waals surface area contributed by atoms with Crippen LogP contribution >= 0.6 is 11.6 Å². The van der Waals surface area contributed by atoms with Crippen molar-refractivity contribution in [2.75, 3.05) is 23.3 Å². The van der Waals surface area contributed by atoms with E-state index in [4.69, 9.17) is 11.6 Å². The molecular formula is C20H23ClN4O2. The number of nitrogens with zero attached hydrogens (tertiary/aromatic N) is 3. The van der Waals surface area contributed by atoms with Gasteiger partial charge in [0.2, 0.25) is 0 Å². The number of amides is 1. The molecule has 0 aliphatic carbocycles. The third kappa shape index (κ3) is 5.82. The molecule has 27 heavy (non-hydrogen) atoms. The molecule has 1 amide bonds. The van der Waals surface area contributed by atoms with Crippen molar-refractivity contribution in [1.29, 1.82) is 0 Å². The molecule has 0 aromatic heterocycles. The van der Waals surface area contributed by atoms with Crippen LogP contribution in [0.3, 0.4) is 0 Å². The number of allylic oxidation sites excluding steroid dienone is 1. The number of aliphatic hydroxyl groups is 1. The van der Waals surface area contributed by atoms with E-state index in [2.05, 4.69) is 34.3 Å². The number of carbonyl (C=O) groups excluding carboxylic acids is 1. The minimum Gasteiger partial charge on any atom is -0.510 e. The van der Waals surface area contributed by atoms with Crippen molar-refractivity contribution in [3.63, 3.8) is 0 Å². The summed E-state index contributed by atoms with van der Waals surface area (Å²) in [6, 6.07) is 14.2. The summed E-state index contributed by atoms with van der Waals surface area (Å²) in [6.45, 7) is 7.41. The predicted molar refractivity (Wildman–Crippen MR) is 110 cm³/mol. The van der Waals surface area contributed by atoms with Crippen LogP contribution in [-0.2, 0) is 4.79 Å². The second kappa shape index (κ2) is 9.73. The summed E-state index contributed by atoms with van der Waals surface area (Å²) in [7, 11) is 0. The van der Waals surface area contributed by atoms with Gasteiger partial charge in [0.1, 0.15) is 5.76 Å². The SMILES string of the molecule is CCN(CC)c1ccc(N=NC(C(=O)Nc2ccc(Cl)cc2)=C(C)O)cc1. The van der Waals surface area contributed by atoms with Crippen LogP contribution in [0.4, 0.5) is 17.1 Å². The zero-order valence-electron chi connectivity index (χ0n) is 15.6. The van der Waals surface area contributed by atoms with Gasteiger partial charge >= 0.3 is 0 Å². The summed E-state index contributed by atoms with van der Waals surface area (Å²) >= 11 is 5.83. The summed E-state index contributed by atoms with van der Waals surface area (Å²) < 4.78 is 0. The number of carbonyl (C=O) groups is 1. The second-order valence-corrected chi connectivity index (χ2v) is 6.22. The maximum absolute atomic E-state index is 12.4. The van der Waals surface area contributed by atoms with Gasteiger partial charge in [0.05, 0.1) is 5.69 Å². The number of nitrogens with one attached hydrogen (secondary N) is 1. The van der Waals surface area contributed by atoms with Crippen LogP contribution in [0, 0.1) is 0 Å². The Morgan fingerprint density at radius 1 is 1.07 bits per heavy atom. The van der Waals surface area contributed by atoms with Gasteiger partial charge in [-0.15, -0.1) is 5.11 Å². The van der Waals surface area contributed by atoms with Crippen LogP contribution in [0.2, 0.25) is 5.02 Å². The van der Waals surface area contributed by atoms with E-state index in [-0.39, 0.29) is 11.5 Å². The van der Waals surface area contributed by atoms with Crippen molar-refractivity contribution in [1.82, 2.24) is 0 Å². The summed E-state index contributed by atoms with van der Waals surface area (Å²) in [5.41, 5.74) is 2.07. The van der Waals surface area contributed by atoms with E-state index in [1.807, 2.05) is 24.3 Å². The number of aliphatic hydroxyl groups excluding tert-OH is 1. The Kier molecular flexibility index (Phi) is 7.37. The first-order chi connectivity index (χ1) is 12.9. The molecule has 2 N–H and O–H groups in total. The maximum Gasteiger partial charge on any atom is 0.279 e. The summed E-state index contributed by atoms with van der Waals surface area (Å²) in [5.74, 6) is -0.772. The van der Waals surface area contributed by atoms with E-state index in [1.54, 1.807) is 24.3 Å². The number of hydrogen-bond donors (Lipinski definition) is 2. The largest absolute Gasteiger partial charge is 0.510 e. The molecule has 0 fully saturated rings. The highest BCUT2D eigenvalue weighted by Gasteiger charge is 2.13. The number of benzene rings is 2. The van der Waals surface area contributed by atoms with E-state index < -0.39 is 5.91 Å². The number of anilines is 2. The first-order valence-corrected chi connectivity index (χ1v) is 9.05. The Hall–Kier alpha value is -2.86. The molecule has 2 aromatic carbocycles. The minimum absolute atomic E-state index is 0.155. The van der Waals surface area contributed by atoms with E-state index in [0.29, 0.717) is 16.4 Å². The Bertz CT molecular complexity index is 822. The number of halogens is 1. The van der Waals surface area contributed by atoms with Crippen molar-refractivity contribution in [3.8, 4) is 0 Å². The highest BCUT2D eigenvalue weighted by atomic mass is 35.5. The molecule has 0 aliphatic rings. The van der Waals surface area contributed by atoms with Gasteiger partial charge in [0.15, 0.2) is 5.70 Å². The van der Waals surface area contributed by atoms with Crippen LogP contribution in [0.1, 0.15) is 20.8 Å². The van der Waals surface area contributed by atoms with Crippen molar-refractivity contribution in [2.24, 2.45) is 10.2 Å². The number of azo groups is 1. The maximum atomic E-state index is 12.4. The van der Waals surface area contributed by atoms with Gasteiger partial charge in [-0.2, -0.15) is 5.11 Å². The molecule has 0 bridgehead atoms. The van der Waals surface area contributed by atoms with Gasteiger partial charge in [-0.3, -0.25) is 4.79 Å². The molecule has 2 aromatic rings. The minimum atomic E-state index is -0.555. The summed E-state index contributed by atoms with van der Waals surface area (Å²) in [4.78, 5) is 14.6. The molecule has 142 valence electrons. The molecule has 7 heteroatoms. The molecule has 0 aliphatic heterocycles. The summed E-state index contributed by atoms with van der Waals surface area (Å²) in [6.07, 6.45) is 0. The lowest BCUT2D eigenvalue weighted by Gasteiger charge is -2.20. The lowest BCUT2D eigenvalue weighted by Crippen LogP contribution is -2.21. The Labute approximate surface area is 164 Å². The van der Waals surface area contributed by atoms with Crippen LogP contribution in [-0.4, -0.2) is 24.1 Å². The molecule has 2 rings (SSSR count). The van der Waals surface area contributed by atoms with Crippen molar-refractivity contribution >= 4 is 34.6 Å². The first-order valence-electron chi connectivity index (χ1n) is 8.68. The van der Waals surface area contributed by atoms with E-state index in [9.17, 15) is 9.90 Å². The highest BCUT2D eigenvalue weighted by molar-refractivity contribution is 6.30. The van der Waals surface area contributed by atoms with Gasteiger partial charge in [0.25, 0.3) is 5.91 Å². The Morgan fingerprint density at radius 3 is 2.19 bits per heavy atom. The summed E-state index contributed by atoms with van der Waals surface area (Å²) in [5, 5.41) is 21.0. The zero-order valence-corrected chi connectivity index (χ0v) is 16.4. The monoisotopic (exact) mass is 386 g/mol. The molecule has 0 saturated carbocycles. The average Bonchev–Trinajstić information content (AvgIpc) is 2.65. The van der Waals surface area contributed by atoms with Crippen molar-refractivity contribution < 1.29 is 9.90 Å². The highest BCUT2D eigenvalue weighted by Crippen LogP contribution is 2.21. The standard InChI is InChI=1S/C20H23ClN4O2/c1-4-25(5-2)18-12-10-17(11-13-18)23-24-19(14(3)26)20(27)22-16-8-6-15(21)7-9-16/h6-13,26H,4-5H2,1-3H3,(H,22,27). The van der Waals surface area contributed by atoms with Crippen LogP contribution in [0.5, 0.6) is 0 Å². The van der Waals surface area contributed by atoms with Gasteiger partial charge in [-0.05, 0) is 69.3 Å². The van der Waals surface area contributed by atoms with Gasteiger partial charge in [-0.1, -0.05) is 11.6 Å². The van der Waals surface area contributed by atoms with E-state index >= 15 is 0 Å². The smallest absolute Gasteiger partial charge is 0.279 e. The van der Waals surface area contributed by atoms with Gasteiger partial charge in [0, 0.05) is 29.5 Å². The molecule has 0 heterocycles. The first kappa shape index (κ1) is 20.5. The van der Waals surface area contributed by atoms with Crippen LogP contribution < -0.4 is 10.2 Å². The molecule has 0 atom stereocenters. The quantitative estimate of drug-likeness (QED) is 0.364. The third-order valence-electron chi connectivity index (χ3n) is 3.90. The normalized spacial score (nSPS) is 12.0. The molecular weight excluding hydrogens is 364 g/mol. The lowest BCUT2D eigenvalue weighted by molar-refractivity contribution is -0.113. The van der Waals surface area contributed by atoms with Crippen LogP contribution in [0.25, 0.3) is 0 Å². The van der Waals surface area contributed by atoms with Crippen molar-refractivity contribution in [3.05, 3.63) is 65.0 Å². The second-order valence-electron chi connectivity index (χ2n) is 5.78. The third-order valence-corrected chi connectivity index (χ3v) is 4.16. The Morgan fingerprint density at radius 2 is 1.67 bits per heavy atom. The molecule has 0 radical (unpaired) electrons. The topological polar surface area (TPSA) is 77.3 Å². The molecule has 0 unspecified atom stereocenters. The van der Waals surface area contributed by atoms with Crippen LogP contribution in [0.15, 0.2) is 70.2 Å². The predicted octanol–water partition coefficient (Wildman–Crippen LogP) is 5.70. The fourth-order valence-corrected chi connectivity index (χ4v) is 2.56. The van der Waals surface area contributed by atoms with E-state index in [1.165, 1.54) is 6.92 Å². The number of rotatable bonds is 7. The Balaban J connectivity index is 2.12. The number of hydrogen-bond acceptors (Lipinski definition) is 5. The fraction of sp³-hybridized carbons (Fsp3) is 0.250. The van der Waals surface area contributed by atoms with Gasteiger partial charge in [-0.25, -0.2) is 0 Å².